The van der Waals surface area contributed by atoms with Gasteiger partial charge in [-0.1, -0.05) is 39.5 Å². The van der Waals surface area contributed by atoms with Crippen molar-refractivity contribution in [2.45, 2.75) is 25.8 Å². The predicted molar refractivity (Wildman–Crippen MR) is 67.4 cm³/mol. The second-order valence-corrected chi connectivity index (χ2v) is 5.75. The third-order valence-corrected chi connectivity index (χ3v) is 3.36. The first-order valence-corrected chi connectivity index (χ1v) is 6.17. The Morgan fingerprint density at radius 3 is 2.19 bits per heavy atom. The number of rotatable bonds is 1. The van der Waals surface area contributed by atoms with Gasteiger partial charge in [-0.2, -0.15) is 0 Å². The van der Waals surface area contributed by atoms with Crippen LogP contribution in [0.5, 0.6) is 0 Å². The molecule has 1 heterocycles. The highest BCUT2D eigenvalue weighted by Gasteiger charge is 2.35. The van der Waals surface area contributed by atoms with Crippen molar-refractivity contribution in [2.75, 3.05) is 6.54 Å². The number of benzene rings is 1. The molecule has 0 bridgehead atoms. The molecule has 0 unspecified atom stereocenters. The number of hydrogen-bond acceptors (Lipinski definition) is 1. The van der Waals surface area contributed by atoms with Crippen LogP contribution in [0.3, 0.4) is 0 Å². The molecule has 0 N–H and O–H groups in total. The molecular formula is C11H12Cl3N2+. The molecule has 0 radical (unpaired) electrons. The molecular weight excluding hydrogens is 266 g/mol. The Morgan fingerprint density at radius 2 is 1.75 bits per heavy atom. The van der Waals surface area contributed by atoms with Crippen LogP contribution >= 0.6 is 34.8 Å². The predicted octanol–water partition coefficient (Wildman–Crippen LogP) is 4.93. The molecule has 1 aliphatic rings. The van der Waals surface area contributed by atoms with Gasteiger partial charge >= 0.3 is 0 Å². The maximum absolute atomic E-state index is 6.14. The summed E-state index contributed by atoms with van der Waals surface area (Å²) in [4.78, 5) is 0. The molecule has 0 spiro atoms. The highest BCUT2D eigenvalue weighted by Crippen LogP contribution is 2.38. The van der Waals surface area contributed by atoms with Crippen molar-refractivity contribution in [1.29, 1.82) is 0 Å². The fourth-order valence-corrected chi connectivity index (χ4v) is 2.76. The highest BCUT2D eigenvalue weighted by molar-refractivity contribution is 6.40. The molecule has 0 atom stereocenters. The first-order chi connectivity index (χ1) is 7.39. The number of azo groups is 2. The van der Waals surface area contributed by atoms with Crippen LogP contribution in [-0.4, -0.2) is 16.8 Å². The molecule has 1 aliphatic heterocycles. The number of halogens is 3. The van der Waals surface area contributed by atoms with Gasteiger partial charge in [-0.15, -0.1) is 0 Å². The van der Waals surface area contributed by atoms with Crippen LogP contribution in [0, 0.1) is 0 Å². The largest absolute Gasteiger partial charge is 0.268 e. The molecule has 0 aromatic heterocycles. The van der Waals surface area contributed by atoms with Gasteiger partial charge in [0.2, 0.25) is 0 Å². The highest BCUT2D eigenvalue weighted by atomic mass is 35.5. The van der Waals surface area contributed by atoms with Crippen molar-refractivity contribution in [3.8, 4) is 0 Å². The summed E-state index contributed by atoms with van der Waals surface area (Å²) >= 11 is 18.1. The van der Waals surface area contributed by atoms with Gasteiger partial charge in [-0.3, -0.25) is 0 Å². The van der Waals surface area contributed by atoms with E-state index in [1.54, 1.807) is 12.1 Å². The van der Waals surface area contributed by atoms with Gasteiger partial charge in [0, 0.05) is 11.4 Å². The van der Waals surface area contributed by atoms with E-state index in [0.29, 0.717) is 15.1 Å². The maximum Gasteiger partial charge on any atom is 0.268 e. The minimum Gasteiger partial charge on any atom is -0.0852 e. The van der Waals surface area contributed by atoms with E-state index in [9.17, 15) is 0 Å². The van der Waals surface area contributed by atoms with Crippen LogP contribution in [0.15, 0.2) is 17.2 Å². The molecule has 2 nitrogen and oxygen atoms in total. The third-order valence-electron chi connectivity index (χ3n) is 2.57. The quantitative estimate of drug-likeness (QED) is 0.648. The van der Waals surface area contributed by atoms with Crippen LogP contribution in [0.4, 0.5) is 5.69 Å². The van der Waals surface area contributed by atoms with Crippen LogP contribution in [0.2, 0.25) is 15.1 Å². The van der Waals surface area contributed by atoms with E-state index in [-0.39, 0.29) is 5.54 Å². The molecule has 1 aromatic carbocycles. The zero-order valence-corrected chi connectivity index (χ0v) is 11.4. The summed E-state index contributed by atoms with van der Waals surface area (Å²) in [7, 11) is 0. The molecule has 0 aliphatic carbocycles. The Labute approximate surface area is 110 Å². The lowest BCUT2D eigenvalue weighted by molar-refractivity contribution is -0.499. The average molecular weight is 279 g/mol. The standard InChI is InChI=1S/C11H12Cl3N2/c1-11(2)3-4-16(15-11)10-8(13)5-7(12)6-9(10)14/h5-6H,3-4H2,1-2H3/q+1. The molecule has 86 valence electrons. The first kappa shape index (κ1) is 12.2. The third kappa shape index (κ3) is 2.34. The van der Waals surface area contributed by atoms with Crippen LogP contribution in [-0.2, 0) is 0 Å². The second-order valence-electron chi connectivity index (χ2n) is 4.50. The van der Waals surface area contributed by atoms with E-state index in [4.69, 9.17) is 34.8 Å². The summed E-state index contributed by atoms with van der Waals surface area (Å²) in [5, 5.41) is 6.18. The van der Waals surface area contributed by atoms with Crippen molar-refractivity contribution in [1.82, 2.24) is 0 Å². The molecule has 2 rings (SSSR count). The van der Waals surface area contributed by atoms with E-state index in [0.717, 1.165) is 18.7 Å². The van der Waals surface area contributed by atoms with E-state index in [1.807, 2.05) is 4.70 Å². The van der Waals surface area contributed by atoms with Gasteiger partial charge in [0.1, 0.15) is 15.6 Å². The Hall–Kier alpha value is -0.310. The molecule has 0 fully saturated rings. The molecule has 0 saturated carbocycles. The van der Waals surface area contributed by atoms with Gasteiger partial charge in [0.15, 0.2) is 6.54 Å². The smallest absolute Gasteiger partial charge is 0.0852 e. The lowest BCUT2D eigenvalue weighted by Gasteiger charge is -2.03. The summed E-state index contributed by atoms with van der Waals surface area (Å²) in [6, 6.07) is 3.37. The molecule has 5 heteroatoms. The second kappa shape index (κ2) is 4.17. The minimum atomic E-state index is -0.0493. The minimum absolute atomic E-state index is 0.0493. The molecule has 16 heavy (non-hydrogen) atoms. The molecule has 0 amide bonds. The normalized spacial score (nSPS) is 18.7. The number of hydrogen-bond donors (Lipinski definition) is 0. The van der Waals surface area contributed by atoms with E-state index in [2.05, 4.69) is 19.0 Å². The van der Waals surface area contributed by atoms with E-state index in [1.165, 1.54) is 0 Å². The Balaban J connectivity index is 2.50. The zero-order valence-electron chi connectivity index (χ0n) is 9.10. The van der Waals surface area contributed by atoms with Gasteiger partial charge in [-0.05, 0) is 31.1 Å². The summed E-state index contributed by atoms with van der Waals surface area (Å²) in [5.74, 6) is 0. The molecule has 1 aromatic rings. The maximum atomic E-state index is 6.14. The summed E-state index contributed by atoms with van der Waals surface area (Å²) in [5.41, 5.74) is 0.699. The lowest BCUT2D eigenvalue weighted by atomic mass is 10.0. The molecule has 0 saturated heterocycles. The Kier molecular flexibility index (Phi) is 3.17. The van der Waals surface area contributed by atoms with Crippen molar-refractivity contribution in [3.05, 3.63) is 27.2 Å². The van der Waals surface area contributed by atoms with Gasteiger partial charge < -0.3 is 0 Å². The fourth-order valence-electron chi connectivity index (χ4n) is 1.75. The first-order valence-electron chi connectivity index (χ1n) is 5.04. The SMILES string of the molecule is CC1(C)CC[N+](c2c(Cl)cc(Cl)cc2Cl)=N1. The lowest BCUT2D eigenvalue weighted by Crippen LogP contribution is -2.11. The van der Waals surface area contributed by atoms with Crippen molar-refractivity contribution in [3.63, 3.8) is 0 Å². The van der Waals surface area contributed by atoms with Crippen molar-refractivity contribution in [2.24, 2.45) is 5.11 Å². The average Bonchev–Trinajstić information content (AvgIpc) is 2.44. The topological polar surface area (TPSA) is 15.4 Å². The summed E-state index contributed by atoms with van der Waals surface area (Å²) < 4.78 is 1.86. The van der Waals surface area contributed by atoms with Gasteiger partial charge in [-0.25, -0.2) is 0 Å². The van der Waals surface area contributed by atoms with Crippen LogP contribution in [0.25, 0.3) is 0 Å². The summed E-state index contributed by atoms with van der Waals surface area (Å²) in [6.45, 7) is 5.00. The fraction of sp³-hybridized carbons (Fsp3) is 0.455. The van der Waals surface area contributed by atoms with Crippen LogP contribution in [0.1, 0.15) is 20.3 Å². The van der Waals surface area contributed by atoms with Crippen molar-refractivity contribution >= 4 is 40.5 Å². The van der Waals surface area contributed by atoms with E-state index < -0.39 is 0 Å². The van der Waals surface area contributed by atoms with E-state index >= 15 is 0 Å². The number of nitrogens with zero attached hydrogens (tertiary/aromatic N) is 2. The Bertz CT molecular complexity index is 443. The van der Waals surface area contributed by atoms with Crippen molar-refractivity contribution < 1.29 is 4.70 Å². The summed E-state index contributed by atoms with van der Waals surface area (Å²) in [6.07, 6.45) is 0.988. The zero-order chi connectivity index (χ0) is 11.9. The monoisotopic (exact) mass is 277 g/mol. The van der Waals surface area contributed by atoms with Gasteiger partial charge in [0.05, 0.1) is 0 Å². The van der Waals surface area contributed by atoms with Gasteiger partial charge in [0.25, 0.3) is 5.69 Å². The Morgan fingerprint density at radius 1 is 1.19 bits per heavy atom. The van der Waals surface area contributed by atoms with Crippen LogP contribution < -0.4 is 0 Å².